The summed E-state index contributed by atoms with van der Waals surface area (Å²) in [6.45, 7) is 11.6. The summed E-state index contributed by atoms with van der Waals surface area (Å²) in [5.74, 6) is -0.765. The van der Waals surface area contributed by atoms with Crippen molar-refractivity contribution in [2.75, 3.05) is 0 Å². The normalized spacial score (nSPS) is 14.6. The summed E-state index contributed by atoms with van der Waals surface area (Å²) in [6, 6.07) is 6.94. The standard InChI is InChI=1S/C26H38N4O4/c1-18(2)16-22(27)25(32)33-23(8-7-9-24(31)34-26(4,5)6)19(3)10-11-20-12-14-21(15-13-20)17-29-30-28/h7,9-15,18-19,22-23H,8,16-17,27H2,1-6H3/b9-7+,11-10+/t19-,22+,23+/m1/s1. The van der Waals surface area contributed by atoms with Crippen LogP contribution in [0.15, 0.2) is 47.6 Å². The first kappa shape index (κ1) is 28.9. The zero-order valence-electron chi connectivity index (χ0n) is 21.1. The molecule has 8 nitrogen and oxygen atoms in total. The monoisotopic (exact) mass is 470 g/mol. The Bertz CT molecular complexity index is 894. The first-order valence-corrected chi connectivity index (χ1v) is 11.5. The van der Waals surface area contributed by atoms with Gasteiger partial charge in [0, 0.05) is 23.3 Å². The van der Waals surface area contributed by atoms with Gasteiger partial charge < -0.3 is 15.2 Å². The zero-order valence-corrected chi connectivity index (χ0v) is 21.1. The van der Waals surface area contributed by atoms with Crippen LogP contribution in [0.1, 0.15) is 65.5 Å². The quantitative estimate of drug-likeness (QED) is 0.137. The molecule has 0 fully saturated rings. The van der Waals surface area contributed by atoms with Crippen LogP contribution in [-0.4, -0.2) is 29.7 Å². The van der Waals surface area contributed by atoms with Crippen LogP contribution in [-0.2, 0) is 25.6 Å². The summed E-state index contributed by atoms with van der Waals surface area (Å²) >= 11 is 0. The molecule has 186 valence electrons. The van der Waals surface area contributed by atoms with Gasteiger partial charge in [-0.05, 0) is 49.8 Å². The molecular weight excluding hydrogens is 432 g/mol. The molecule has 0 saturated heterocycles. The molecular formula is C26H38N4O4. The van der Waals surface area contributed by atoms with Gasteiger partial charge in [-0.3, -0.25) is 4.79 Å². The van der Waals surface area contributed by atoms with Crippen molar-refractivity contribution in [3.8, 4) is 0 Å². The largest absolute Gasteiger partial charge is 0.460 e. The number of esters is 2. The van der Waals surface area contributed by atoms with Crippen LogP contribution in [0, 0.1) is 11.8 Å². The maximum atomic E-state index is 12.6. The number of hydrogen-bond acceptors (Lipinski definition) is 6. The maximum Gasteiger partial charge on any atom is 0.330 e. The van der Waals surface area contributed by atoms with Crippen LogP contribution >= 0.6 is 0 Å². The van der Waals surface area contributed by atoms with E-state index in [2.05, 4.69) is 10.0 Å². The van der Waals surface area contributed by atoms with Crippen LogP contribution in [0.25, 0.3) is 16.5 Å². The summed E-state index contributed by atoms with van der Waals surface area (Å²) in [5, 5.41) is 3.55. The van der Waals surface area contributed by atoms with Crippen LogP contribution in [0.5, 0.6) is 0 Å². The topological polar surface area (TPSA) is 127 Å². The van der Waals surface area contributed by atoms with E-state index in [1.54, 1.807) is 26.8 Å². The summed E-state index contributed by atoms with van der Waals surface area (Å²) in [4.78, 5) is 27.3. The van der Waals surface area contributed by atoms with Gasteiger partial charge in [-0.2, -0.15) is 0 Å². The van der Waals surface area contributed by atoms with Crippen LogP contribution in [0.4, 0.5) is 0 Å². The highest BCUT2D eigenvalue weighted by Gasteiger charge is 2.24. The maximum absolute atomic E-state index is 12.6. The van der Waals surface area contributed by atoms with Gasteiger partial charge in [-0.25, -0.2) is 4.79 Å². The first-order valence-electron chi connectivity index (χ1n) is 11.5. The summed E-state index contributed by atoms with van der Waals surface area (Å²) in [7, 11) is 0. The average Bonchev–Trinajstić information content (AvgIpc) is 2.74. The fourth-order valence-corrected chi connectivity index (χ4v) is 3.08. The number of ether oxygens (including phenoxy) is 2. The van der Waals surface area contributed by atoms with E-state index < -0.39 is 29.7 Å². The van der Waals surface area contributed by atoms with Crippen molar-refractivity contribution in [1.29, 1.82) is 0 Å². The van der Waals surface area contributed by atoms with Gasteiger partial charge in [-0.15, -0.1) is 0 Å². The smallest absolute Gasteiger partial charge is 0.330 e. The molecule has 34 heavy (non-hydrogen) atoms. The predicted molar refractivity (Wildman–Crippen MR) is 134 cm³/mol. The summed E-state index contributed by atoms with van der Waals surface area (Å²) in [5.41, 5.74) is 15.7. The number of carbonyl (C=O) groups excluding carboxylic acids is 2. The van der Waals surface area contributed by atoms with Gasteiger partial charge in [0.25, 0.3) is 0 Å². The predicted octanol–water partition coefficient (Wildman–Crippen LogP) is 5.72. The molecule has 0 radical (unpaired) electrons. The number of nitrogens with zero attached hydrogens (tertiary/aromatic N) is 3. The summed E-state index contributed by atoms with van der Waals surface area (Å²) < 4.78 is 11.0. The summed E-state index contributed by atoms with van der Waals surface area (Å²) in [6.07, 6.45) is 7.30. The Morgan fingerprint density at radius 2 is 1.82 bits per heavy atom. The lowest BCUT2D eigenvalue weighted by Gasteiger charge is -2.23. The van der Waals surface area contributed by atoms with Crippen molar-refractivity contribution in [2.45, 2.75) is 78.7 Å². The lowest BCUT2D eigenvalue weighted by Crippen LogP contribution is -2.37. The van der Waals surface area contributed by atoms with Crippen molar-refractivity contribution in [3.63, 3.8) is 0 Å². The van der Waals surface area contributed by atoms with Gasteiger partial charge in [0.05, 0.1) is 6.54 Å². The molecule has 0 aliphatic carbocycles. The number of rotatable bonds is 12. The van der Waals surface area contributed by atoms with E-state index in [1.807, 2.05) is 57.2 Å². The fraction of sp³-hybridized carbons (Fsp3) is 0.538. The Balaban J connectivity index is 2.91. The van der Waals surface area contributed by atoms with Crippen molar-refractivity contribution >= 4 is 18.0 Å². The van der Waals surface area contributed by atoms with E-state index in [4.69, 9.17) is 20.7 Å². The molecule has 1 aromatic rings. The average molecular weight is 471 g/mol. The molecule has 0 aliphatic rings. The van der Waals surface area contributed by atoms with E-state index in [9.17, 15) is 9.59 Å². The molecule has 0 heterocycles. The Hall–Kier alpha value is -3.09. The highest BCUT2D eigenvalue weighted by atomic mass is 16.6. The molecule has 0 aliphatic heterocycles. The number of azide groups is 1. The highest BCUT2D eigenvalue weighted by molar-refractivity contribution is 5.82. The molecule has 0 amide bonds. The van der Waals surface area contributed by atoms with Gasteiger partial charge in [0.2, 0.25) is 0 Å². The lowest BCUT2D eigenvalue weighted by molar-refractivity contribution is -0.152. The fourth-order valence-electron chi connectivity index (χ4n) is 3.08. The van der Waals surface area contributed by atoms with Crippen LogP contribution in [0.3, 0.4) is 0 Å². The van der Waals surface area contributed by atoms with Crippen molar-refractivity contribution in [3.05, 3.63) is 64.1 Å². The molecule has 0 bridgehead atoms. The third-order valence-corrected chi connectivity index (χ3v) is 4.80. The second-order valence-electron chi connectivity index (χ2n) is 9.73. The second kappa shape index (κ2) is 14.2. The minimum Gasteiger partial charge on any atom is -0.460 e. The van der Waals surface area contributed by atoms with Gasteiger partial charge in [0.15, 0.2) is 0 Å². The Kier molecular flexibility index (Phi) is 12.1. The van der Waals surface area contributed by atoms with E-state index in [0.29, 0.717) is 19.4 Å². The molecule has 3 atom stereocenters. The van der Waals surface area contributed by atoms with E-state index in [-0.39, 0.29) is 11.8 Å². The van der Waals surface area contributed by atoms with Crippen molar-refractivity contribution in [1.82, 2.24) is 0 Å². The van der Waals surface area contributed by atoms with Crippen LogP contribution in [0.2, 0.25) is 0 Å². The Labute approximate surface area is 202 Å². The SMILES string of the molecule is CC(C)C[C@H](N)C(=O)O[C@@H](C/C=C/C(=O)OC(C)(C)C)[C@H](C)/C=C/c1ccc(CN=[N+]=[N-])cc1. The molecule has 0 aromatic heterocycles. The zero-order chi connectivity index (χ0) is 25.7. The number of benzene rings is 1. The molecule has 1 rings (SSSR count). The molecule has 8 heteroatoms. The lowest BCUT2D eigenvalue weighted by atomic mass is 9.99. The van der Waals surface area contributed by atoms with Gasteiger partial charge >= 0.3 is 11.9 Å². The van der Waals surface area contributed by atoms with E-state index in [0.717, 1.165) is 11.1 Å². The Morgan fingerprint density at radius 3 is 2.38 bits per heavy atom. The minimum atomic E-state index is -0.697. The second-order valence-corrected chi connectivity index (χ2v) is 9.73. The number of carbonyl (C=O) groups is 2. The van der Waals surface area contributed by atoms with Gasteiger partial charge in [-0.1, -0.05) is 68.4 Å². The molecule has 0 saturated carbocycles. The Morgan fingerprint density at radius 1 is 1.18 bits per heavy atom. The molecule has 0 spiro atoms. The minimum absolute atomic E-state index is 0.138. The van der Waals surface area contributed by atoms with Crippen molar-refractivity contribution < 1.29 is 19.1 Å². The molecule has 1 aromatic carbocycles. The van der Waals surface area contributed by atoms with Crippen molar-refractivity contribution in [2.24, 2.45) is 22.7 Å². The van der Waals surface area contributed by atoms with E-state index in [1.165, 1.54) is 6.08 Å². The molecule has 0 unspecified atom stereocenters. The highest BCUT2D eigenvalue weighted by Crippen LogP contribution is 2.18. The third kappa shape index (κ3) is 12.2. The van der Waals surface area contributed by atoms with Gasteiger partial charge in [0.1, 0.15) is 17.7 Å². The third-order valence-electron chi connectivity index (χ3n) is 4.80. The number of nitrogens with two attached hydrogens (primary N) is 1. The van der Waals surface area contributed by atoms with E-state index >= 15 is 0 Å². The first-order chi connectivity index (χ1) is 15.9. The molecule has 2 N–H and O–H groups in total. The van der Waals surface area contributed by atoms with Crippen LogP contribution < -0.4 is 5.73 Å². The number of hydrogen-bond donors (Lipinski definition) is 1.